The molecule has 0 bridgehead atoms. The minimum Gasteiger partial charge on any atom is -0.321 e. The Morgan fingerprint density at radius 2 is 1.64 bits per heavy atom. The number of hydrogen-bond donors (Lipinski definition) is 3. The summed E-state index contributed by atoms with van der Waals surface area (Å²) in [6.07, 6.45) is 2.09. The molecule has 0 fully saturated rings. The molecule has 1 heterocycles. The van der Waals surface area contributed by atoms with Crippen LogP contribution in [0.1, 0.15) is 34.8 Å². The third-order valence-corrected chi connectivity index (χ3v) is 9.43. The summed E-state index contributed by atoms with van der Waals surface area (Å²) in [7, 11) is 0. The average molecular weight is 677 g/mol. The van der Waals surface area contributed by atoms with E-state index < -0.39 is 17.1 Å². The molecule has 3 amide bonds. The minimum absolute atomic E-state index is 0.0316. The van der Waals surface area contributed by atoms with E-state index in [0.29, 0.717) is 38.8 Å². The van der Waals surface area contributed by atoms with Crippen LogP contribution >= 0.6 is 34.7 Å². The Bertz CT molecular complexity index is 1970. The van der Waals surface area contributed by atoms with E-state index >= 15 is 0 Å². The maximum absolute atomic E-state index is 13.5. The van der Waals surface area contributed by atoms with Crippen LogP contribution in [0.3, 0.4) is 0 Å². The Morgan fingerprint density at radius 1 is 0.915 bits per heavy atom. The van der Waals surface area contributed by atoms with Gasteiger partial charge in [0.25, 0.3) is 11.8 Å². The van der Waals surface area contributed by atoms with Crippen LogP contribution in [0.2, 0.25) is 5.02 Å². The van der Waals surface area contributed by atoms with Crippen LogP contribution in [0.4, 0.5) is 10.7 Å². The number of thioether (sulfide) groups is 1. The van der Waals surface area contributed by atoms with E-state index in [-0.39, 0.29) is 11.6 Å². The molecule has 1 atom stereocenters. The van der Waals surface area contributed by atoms with Crippen molar-refractivity contribution in [2.24, 2.45) is 0 Å². The molecule has 0 aliphatic rings. The zero-order valence-electron chi connectivity index (χ0n) is 25.2. The van der Waals surface area contributed by atoms with Crippen molar-refractivity contribution in [2.45, 2.75) is 23.5 Å². The van der Waals surface area contributed by atoms with Crippen LogP contribution in [-0.2, 0) is 9.59 Å². The largest absolute Gasteiger partial charge is 0.321 e. The first kappa shape index (κ1) is 33.2. The maximum Gasteiger partial charge on any atom is 0.272 e. The molecule has 1 aromatic heterocycles. The monoisotopic (exact) mass is 676 g/mol. The van der Waals surface area contributed by atoms with Gasteiger partial charge in [0.05, 0.1) is 10.8 Å². The van der Waals surface area contributed by atoms with Gasteiger partial charge >= 0.3 is 0 Å². The van der Waals surface area contributed by atoms with Gasteiger partial charge in [-0.3, -0.25) is 14.4 Å². The summed E-state index contributed by atoms with van der Waals surface area (Å²) < 4.78 is 0. The second kappa shape index (κ2) is 15.9. The first-order valence-electron chi connectivity index (χ1n) is 14.6. The molecule has 7 nitrogen and oxygen atoms in total. The number of halogens is 1. The standard InChI is InChI=1S/C37H29ClN4O3S2/c1-2-33(36(45)42-37-30(22-39)31(23-46-37)25-12-5-3-6-13-25)47-29-18-10-17-28(21-29)40-35(44)32(20-24-11-9-16-27(38)19-24)41-34(43)26-14-7-4-8-15-26/h3-21,23,33H,2H2,1H3,(H,40,44)(H,41,43)(H,42,45)/b32-20-. The molecule has 5 rings (SSSR count). The SMILES string of the molecule is CCC(Sc1cccc(NC(=O)/C(=C/c2cccc(Cl)c2)NC(=O)c2ccccc2)c1)C(=O)Nc1scc(-c2ccccc2)c1C#N. The first-order chi connectivity index (χ1) is 22.8. The van der Waals surface area contributed by atoms with Gasteiger partial charge in [-0.05, 0) is 66.1 Å². The van der Waals surface area contributed by atoms with Crippen molar-refractivity contribution in [3.63, 3.8) is 0 Å². The lowest BCUT2D eigenvalue weighted by Gasteiger charge is -2.16. The van der Waals surface area contributed by atoms with Gasteiger partial charge in [-0.2, -0.15) is 5.26 Å². The topological polar surface area (TPSA) is 111 Å². The molecule has 10 heteroatoms. The quantitative estimate of drug-likeness (QED) is 0.0956. The van der Waals surface area contributed by atoms with Gasteiger partial charge in [0.2, 0.25) is 5.91 Å². The summed E-state index contributed by atoms with van der Waals surface area (Å²) in [5, 5.41) is 20.8. The molecule has 1 unspecified atom stereocenters. The molecule has 47 heavy (non-hydrogen) atoms. The molecule has 0 saturated carbocycles. The highest BCUT2D eigenvalue weighted by molar-refractivity contribution is 8.00. The Hall–Kier alpha value is -5.14. The van der Waals surface area contributed by atoms with E-state index in [9.17, 15) is 19.6 Å². The minimum atomic E-state index is -0.530. The van der Waals surface area contributed by atoms with Gasteiger partial charge in [0.1, 0.15) is 16.8 Å². The summed E-state index contributed by atoms with van der Waals surface area (Å²) in [5.74, 6) is -1.19. The van der Waals surface area contributed by atoms with Gasteiger partial charge in [-0.1, -0.05) is 85.3 Å². The third kappa shape index (κ3) is 8.77. The lowest BCUT2D eigenvalue weighted by atomic mass is 10.1. The van der Waals surface area contributed by atoms with E-state index in [4.69, 9.17) is 11.6 Å². The van der Waals surface area contributed by atoms with Crippen molar-refractivity contribution in [3.8, 4) is 17.2 Å². The van der Waals surface area contributed by atoms with E-state index in [2.05, 4.69) is 22.0 Å². The van der Waals surface area contributed by atoms with Crippen LogP contribution in [0.25, 0.3) is 17.2 Å². The fraction of sp³-hybridized carbons (Fsp3) is 0.0811. The molecular formula is C37H29ClN4O3S2. The van der Waals surface area contributed by atoms with E-state index in [1.807, 2.05) is 48.7 Å². The van der Waals surface area contributed by atoms with Gasteiger partial charge in [0, 0.05) is 32.1 Å². The summed E-state index contributed by atoms with van der Waals surface area (Å²) in [6, 6.07) is 34.5. The number of nitrogens with one attached hydrogen (secondary N) is 3. The highest BCUT2D eigenvalue weighted by Crippen LogP contribution is 2.36. The van der Waals surface area contributed by atoms with Crippen molar-refractivity contribution < 1.29 is 14.4 Å². The summed E-state index contributed by atoms with van der Waals surface area (Å²) in [4.78, 5) is 40.6. The number of anilines is 2. The lowest BCUT2D eigenvalue weighted by molar-refractivity contribution is -0.116. The zero-order chi connectivity index (χ0) is 33.2. The average Bonchev–Trinajstić information content (AvgIpc) is 3.50. The normalized spacial score (nSPS) is 11.6. The molecule has 0 aliphatic heterocycles. The van der Waals surface area contributed by atoms with Crippen LogP contribution in [0.15, 0.2) is 125 Å². The van der Waals surface area contributed by atoms with Crippen molar-refractivity contribution in [2.75, 3.05) is 10.6 Å². The molecule has 0 spiro atoms. The van der Waals surface area contributed by atoms with Gasteiger partial charge in [0.15, 0.2) is 0 Å². The number of hydrogen-bond acceptors (Lipinski definition) is 6. The number of carbonyl (C=O) groups excluding carboxylic acids is 3. The van der Waals surface area contributed by atoms with E-state index in [0.717, 1.165) is 16.0 Å². The third-order valence-electron chi connectivity index (χ3n) is 6.95. The molecular weight excluding hydrogens is 648 g/mol. The Kier molecular flexibility index (Phi) is 11.3. The van der Waals surface area contributed by atoms with Crippen molar-refractivity contribution in [1.82, 2.24) is 5.32 Å². The fourth-order valence-corrected chi connectivity index (χ4v) is 6.76. The highest BCUT2D eigenvalue weighted by Gasteiger charge is 2.22. The highest BCUT2D eigenvalue weighted by atomic mass is 35.5. The predicted octanol–water partition coefficient (Wildman–Crippen LogP) is 8.86. The lowest BCUT2D eigenvalue weighted by Crippen LogP contribution is -2.30. The molecule has 0 aliphatic carbocycles. The summed E-state index contributed by atoms with van der Waals surface area (Å²) in [6.45, 7) is 1.92. The number of nitrogens with zero attached hydrogens (tertiary/aromatic N) is 1. The molecule has 5 aromatic rings. The van der Waals surface area contributed by atoms with Crippen LogP contribution in [-0.4, -0.2) is 23.0 Å². The summed E-state index contributed by atoms with van der Waals surface area (Å²) >= 11 is 8.83. The van der Waals surface area contributed by atoms with Crippen molar-refractivity contribution in [3.05, 3.63) is 142 Å². The number of rotatable bonds is 11. The van der Waals surface area contributed by atoms with Gasteiger partial charge in [-0.25, -0.2) is 0 Å². The number of amides is 3. The molecule has 4 aromatic carbocycles. The fourth-order valence-electron chi connectivity index (χ4n) is 4.62. The second-order valence-corrected chi connectivity index (χ2v) is 12.8. The van der Waals surface area contributed by atoms with E-state index in [1.54, 1.807) is 78.9 Å². The zero-order valence-corrected chi connectivity index (χ0v) is 27.6. The maximum atomic E-state index is 13.5. The number of thiophene rings is 1. The summed E-state index contributed by atoms with van der Waals surface area (Å²) in [5.41, 5.74) is 3.68. The van der Waals surface area contributed by atoms with Crippen LogP contribution in [0, 0.1) is 11.3 Å². The Labute approximate surface area is 286 Å². The van der Waals surface area contributed by atoms with Crippen molar-refractivity contribution >= 4 is 69.2 Å². The molecule has 3 N–H and O–H groups in total. The Morgan fingerprint density at radius 3 is 2.34 bits per heavy atom. The number of carbonyl (C=O) groups is 3. The predicted molar refractivity (Wildman–Crippen MR) is 191 cm³/mol. The molecule has 0 radical (unpaired) electrons. The smallest absolute Gasteiger partial charge is 0.272 e. The molecule has 234 valence electrons. The van der Waals surface area contributed by atoms with Crippen LogP contribution in [0.5, 0.6) is 0 Å². The van der Waals surface area contributed by atoms with Gasteiger partial charge in [-0.15, -0.1) is 23.1 Å². The Balaban J connectivity index is 1.30. The number of benzene rings is 4. The van der Waals surface area contributed by atoms with Crippen molar-refractivity contribution in [1.29, 1.82) is 5.26 Å². The second-order valence-electron chi connectivity index (χ2n) is 10.3. The van der Waals surface area contributed by atoms with E-state index in [1.165, 1.54) is 23.1 Å². The first-order valence-corrected chi connectivity index (χ1v) is 16.8. The number of nitriles is 1. The van der Waals surface area contributed by atoms with Crippen LogP contribution < -0.4 is 16.0 Å². The molecule has 0 saturated heterocycles. The van der Waals surface area contributed by atoms with Gasteiger partial charge < -0.3 is 16.0 Å².